The molecule has 1 saturated carbocycles. The van der Waals surface area contributed by atoms with Crippen molar-refractivity contribution < 1.29 is 15.0 Å². The van der Waals surface area contributed by atoms with Crippen molar-refractivity contribution in [2.45, 2.75) is 64.1 Å². The Bertz CT molecular complexity index is 902. The van der Waals surface area contributed by atoms with E-state index < -0.39 is 6.10 Å². The van der Waals surface area contributed by atoms with Gasteiger partial charge < -0.3 is 15.1 Å². The Morgan fingerprint density at radius 1 is 1.28 bits per heavy atom. The van der Waals surface area contributed by atoms with Crippen LogP contribution in [0.3, 0.4) is 0 Å². The molecule has 2 N–H and O–H groups in total. The van der Waals surface area contributed by atoms with Crippen molar-refractivity contribution in [3.05, 3.63) is 59.2 Å². The Hall–Kier alpha value is -1.82. The average molecular weight is 454 g/mol. The zero-order valence-electron chi connectivity index (χ0n) is 19.0. The largest absolute Gasteiger partial charge is 0.392 e. The third-order valence-corrected chi connectivity index (χ3v) is 7.81. The van der Waals surface area contributed by atoms with E-state index in [4.69, 9.17) is 12.2 Å². The lowest BCUT2D eigenvalue weighted by Gasteiger charge is -2.19. The third-order valence-electron chi connectivity index (χ3n) is 7.34. The monoisotopic (exact) mass is 453 g/mol. The highest BCUT2D eigenvalue weighted by Crippen LogP contribution is 2.47. The van der Waals surface area contributed by atoms with Gasteiger partial charge in [0.05, 0.1) is 12.2 Å². The summed E-state index contributed by atoms with van der Waals surface area (Å²) in [6.07, 6.45) is 10.7. The van der Waals surface area contributed by atoms with Crippen LogP contribution in [0.2, 0.25) is 0 Å². The van der Waals surface area contributed by atoms with Crippen LogP contribution in [-0.2, 0) is 11.2 Å². The summed E-state index contributed by atoms with van der Waals surface area (Å²) in [5, 5.41) is 21.1. The van der Waals surface area contributed by atoms with E-state index in [1.54, 1.807) is 0 Å². The van der Waals surface area contributed by atoms with Gasteiger partial charge in [0, 0.05) is 36.7 Å². The van der Waals surface area contributed by atoms with Crippen LogP contribution in [0.15, 0.2) is 48.1 Å². The Kier molecular flexibility index (Phi) is 7.59. The Labute approximate surface area is 197 Å². The molecule has 2 fully saturated rings. The average Bonchev–Trinajstić information content (AvgIpc) is 3.47. The predicted octanol–water partition coefficient (Wildman–Crippen LogP) is 4.17. The molecule has 0 aromatic heterocycles. The lowest BCUT2D eigenvalue weighted by molar-refractivity contribution is -0.129. The highest BCUT2D eigenvalue weighted by Gasteiger charge is 2.43. The number of amides is 1. The quantitative estimate of drug-likeness (QED) is 0.458. The van der Waals surface area contributed by atoms with Gasteiger partial charge in [-0.25, -0.2) is 0 Å². The van der Waals surface area contributed by atoms with E-state index in [2.05, 4.69) is 25.1 Å². The van der Waals surface area contributed by atoms with Crippen LogP contribution in [0.5, 0.6) is 0 Å². The summed E-state index contributed by atoms with van der Waals surface area (Å²) >= 11 is 5.68. The van der Waals surface area contributed by atoms with Crippen molar-refractivity contribution in [2.24, 2.45) is 17.8 Å². The molecule has 5 atom stereocenters. The summed E-state index contributed by atoms with van der Waals surface area (Å²) in [7, 11) is 0. The molecule has 1 heterocycles. The van der Waals surface area contributed by atoms with Gasteiger partial charge in [-0.3, -0.25) is 4.79 Å². The Balaban J connectivity index is 1.30. The second-order valence-electron chi connectivity index (χ2n) is 9.76. The van der Waals surface area contributed by atoms with Crippen LogP contribution < -0.4 is 0 Å². The van der Waals surface area contributed by atoms with Crippen LogP contribution in [0.4, 0.5) is 0 Å². The van der Waals surface area contributed by atoms with Crippen molar-refractivity contribution in [1.82, 2.24) is 4.90 Å². The summed E-state index contributed by atoms with van der Waals surface area (Å²) in [6.45, 7) is 3.83. The minimum atomic E-state index is -0.561. The summed E-state index contributed by atoms with van der Waals surface area (Å²) in [5.74, 6) is 0.919. The first-order chi connectivity index (χ1) is 15.4. The van der Waals surface area contributed by atoms with Crippen LogP contribution in [-0.4, -0.2) is 51.2 Å². The minimum Gasteiger partial charge on any atom is -0.392 e. The smallest absolute Gasteiger partial charge is 0.222 e. The number of carbonyl (C=O) groups is 1. The summed E-state index contributed by atoms with van der Waals surface area (Å²) in [5.41, 5.74) is 3.50. The number of thiocarbonyl (C=S) groups is 1. The molecule has 0 bridgehead atoms. The molecule has 1 amide bonds. The van der Waals surface area contributed by atoms with E-state index in [9.17, 15) is 15.0 Å². The maximum Gasteiger partial charge on any atom is 0.222 e. The lowest BCUT2D eigenvalue weighted by atomic mass is 9.88. The van der Waals surface area contributed by atoms with E-state index >= 15 is 0 Å². The highest BCUT2D eigenvalue weighted by atomic mass is 32.1. The number of rotatable bonds is 8. The topological polar surface area (TPSA) is 60.8 Å². The number of benzene rings is 1. The second-order valence-corrected chi connectivity index (χ2v) is 10.3. The van der Waals surface area contributed by atoms with Crippen molar-refractivity contribution in [3.8, 4) is 0 Å². The fourth-order valence-electron chi connectivity index (χ4n) is 5.63. The predicted molar refractivity (Wildman–Crippen MR) is 131 cm³/mol. The number of carbonyl (C=O) groups excluding carboxylic acids is 1. The normalized spacial score (nSPS) is 28.2. The summed E-state index contributed by atoms with van der Waals surface area (Å²) in [6, 6.07) is 8.20. The minimum absolute atomic E-state index is 0.0370. The molecule has 2 aliphatic carbocycles. The molecule has 4 nitrogen and oxygen atoms in total. The number of aryl methyl sites for hydroxylation is 1. The molecule has 1 aromatic carbocycles. The van der Waals surface area contributed by atoms with Gasteiger partial charge in [0.25, 0.3) is 0 Å². The zero-order valence-corrected chi connectivity index (χ0v) is 19.8. The van der Waals surface area contributed by atoms with E-state index in [1.165, 1.54) is 11.1 Å². The second kappa shape index (κ2) is 10.4. The van der Waals surface area contributed by atoms with Gasteiger partial charge in [-0.05, 0) is 62.0 Å². The number of hydrogen-bond donors (Lipinski definition) is 2. The van der Waals surface area contributed by atoms with Crippen LogP contribution in [0.25, 0.3) is 0 Å². The fraction of sp³-hybridized carbons (Fsp3) is 0.556. The molecule has 1 aromatic rings. The number of likely N-dealkylation sites (tertiary alicyclic amines) is 1. The maximum atomic E-state index is 12.3. The molecule has 0 unspecified atom stereocenters. The Morgan fingerprint density at radius 3 is 2.81 bits per heavy atom. The highest BCUT2D eigenvalue weighted by molar-refractivity contribution is 7.80. The third kappa shape index (κ3) is 5.56. The number of aliphatic hydroxyl groups excluding tert-OH is 2. The van der Waals surface area contributed by atoms with Crippen LogP contribution >= 0.6 is 12.2 Å². The van der Waals surface area contributed by atoms with Gasteiger partial charge in [0.2, 0.25) is 5.91 Å². The number of aliphatic hydroxyl groups is 2. The first-order valence-corrected chi connectivity index (χ1v) is 12.4. The van der Waals surface area contributed by atoms with Crippen LogP contribution in [0.1, 0.15) is 49.7 Å². The van der Waals surface area contributed by atoms with Crippen molar-refractivity contribution in [2.75, 3.05) is 13.1 Å². The van der Waals surface area contributed by atoms with Gasteiger partial charge in [0.15, 0.2) is 0 Å². The molecule has 32 heavy (non-hydrogen) atoms. The molecule has 1 saturated heterocycles. The van der Waals surface area contributed by atoms with E-state index in [0.717, 1.165) is 49.2 Å². The lowest BCUT2D eigenvalue weighted by Crippen LogP contribution is -2.27. The van der Waals surface area contributed by atoms with Crippen LogP contribution in [0, 0.1) is 24.7 Å². The molecular formula is C27H35NO3S. The molecule has 4 rings (SSSR count). The molecule has 3 aliphatic rings. The van der Waals surface area contributed by atoms with Crippen molar-refractivity contribution >= 4 is 23.0 Å². The maximum absolute atomic E-state index is 12.3. The number of fused-ring (bicyclic) bond motifs is 1. The zero-order chi connectivity index (χ0) is 22.7. The van der Waals surface area contributed by atoms with Gasteiger partial charge in [-0.15, -0.1) is 0 Å². The fourth-order valence-corrected chi connectivity index (χ4v) is 5.88. The van der Waals surface area contributed by atoms with E-state index in [1.807, 2.05) is 29.2 Å². The van der Waals surface area contributed by atoms with E-state index in [-0.39, 0.29) is 17.9 Å². The number of allylic oxidation sites excluding steroid dienone is 2. The number of hydrogen-bond acceptors (Lipinski definition) is 4. The molecule has 172 valence electrons. The first kappa shape index (κ1) is 23.3. The molecule has 5 heteroatoms. The van der Waals surface area contributed by atoms with Gasteiger partial charge in [0.1, 0.15) is 0 Å². The summed E-state index contributed by atoms with van der Waals surface area (Å²) in [4.78, 5) is 15.2. The first-order valence-electron chi connectivity index (χ1n) is 12.0. The van der Waals surface area contributed by atoms with Gasteiger partial charge >= 0.3 is 0 Å². The number of nitrogens with zero attached hydrogens (tertiary/aromatic N) is 1. The molecular weight excluding hydrogens is 418 g/mol. The van der Waals surface area contributed by atoms with Crippen molar-refractivity contribution in [3.63, 3.8) is 0 Å². The summed E-state index contributed by atoms with van der Waals surface area (Å²) < 4.78 is 0. The van der Waals surface area contributed by atoms with Crippen molar-refractivity contribution in [1.29, 1.82) is 0 Å². The van der Waals surface area contributed by atoms with E-state index in [0.29, 0.717) is 31.1 Å². The molecule has 0 radical (unpaired) electrons. The molecule has 1 aliphatic heterocycles. The SMILES string of the molecule is Cc1cccc(C[C@@H](O)/C=C/[C@@H]2[C@H]3CC(C(=S)CCC(=O)N4CCCC4)=C[C@H]3C[C@H]2O)c1. The van der Waals surface area contributed by atoms with Gasteiger partial charge in [-0.2, -0.15) is 0 Å². The molecule has 0 spiro atoms. The Morgan fingerprint density at radius 2 is 2.06 bits per heavy atom. The van der Waals surface area contributed by atoms with Gasteiger partial charge in [-0.1, -0.05) is 60.3 Å². The standard InChI is InChI=1S/C27H35NO3S/c1-18-5-4-6-19(13-18)14-22(29)7-8-23-24-16-21(15-20(24)17-25(23)30)26(32)9-10-27(31)28-11-2-3-12-28/h4-8,13,15,20,22-25,29-30H,2-3,9-12,14,16-17H2,1H3/b8-7+/t20-,22-,23+,24-,25+/m0/s1.